The van der Waals surface area contributed by atoms with Gasteiger partial charge in [-0.15, -0.1) is 28.3 Å². The molecule has 2 rings (SSSR count). The van der Waals surface area contributed by atoms with E-state index in [0.717, 1.165) is 29.2 Å². The maximum Gasteiger partial charge on any atom is 0.190 e. The van der Waals surface area contributed by atoms with E-state index in [2.05, 4.69) is 23.8 Å². The Morgan fingerprint density at radius 3 is 2.40 bits per heavy atom. The smallest absolute Gasteiger partial charge is 0.190 e. The van der Waals surface area contributed by atoms with Crippen molar-refractivity contribution in [2.24, 2.45) is 4.99 Å². The van der Waals surface area contributed by atoms with E-state index in [1.807, 2.05) is 31.2 Å². The molecule has 0 radical (unpaired) electrons. The fourth-order valence-corrected chi connectivity index (χ4v) is 3.03. The Balaban J connectivity index is 0.00000200. The third kappa shape index (κ3) is 3.96. The van der Waals surface area contributed by atoms with Crippen LogP contribution in [-0.2, 0) is 13.0 Å². The zero-order valence-corrected chi connectivity index (χ0v) is 14.7. The van der Waals surface area contributed by atoms with Gasteiger partial charge in [-0.1, -0.05) is 6.92 Å². The van der Waals surface area contributed by atoms with Gasteiger partial charge in [0.2, 0.25) is 0 Å². The summed E-state index contributed by atoms with van der Waals surface area (Å²) in [7, 11) is 0. The van der Waals surface area contributed by atoms with Crippen molar-refractivity contribution in [2.75, 3.05) is 6.61 Å². The van der Waals surface area contributed by atoms with Gasteiger partial charge in [-0.25, -0.2) is 4.99 Å². The van der Waals surface area contributed by atoms with E-state index in [9.17, 15) is 0 Å². The molecule has 2 aromatic rings. The Hall–Kier alpha value is -1.07. The Morgan fingerprint density at radius 1 is 1.15 bits per heavy atom. The molecule has 0 amide bonds. The van der Waals surface area contributed by atoms with Crippen LogP contribution in [0.3, 0.4) is 0 Å². The van der Waals surface area contributed by atoms with Crippen molar-refractivity contribution in [3.63, 3.8) is 0 Å². The summed E-state index contributed by atoms with van der Waals surface area (Å²) < 4.78 is 7.70. The maximum absolute atomic E-state index is 5.43. The van der Waals surface area contributed by atoms with Gasteiger partial charge < -0.3 is 9.30 Å². The molecule has 1 aromatic heterocycles. The number of ether oxygens (including phenoxy) is 1. The zero-order valence-electron chi connectivity index (χ0n) is 12.1. The maximum atomic E-state index is 5.43. The minimum atomic E-state index is 0. The lowest BCUT2D eigenvalue weighted by Crippen LogP contribution is -2.15. The van der Waals surface area contributed by atoms with Crippen molar-refractivity contribution in [2.45, 2.75) is 33.7 Å². The molecule has 0 fully saturated rings. The van der Waals surface area contributed by atoms with Crippen LogP contribution in [0.1, 0.15) is 26.5 Å². The van der Waals surface area contributed by atoms with Gasteiger partial charge in [0.05, 0.1) is 12.3 Å². The Labute approximate surface area is 134 Å². The lowest BCUT2D eigenvalue weighted by molar-refractivity contribution is 0.340. The summed E-state index contributed by atoms with van der Waals surface area (Å²) in [6, 6.07) is 7.92. The summed E-state index contributed by atoms with van der Waals surface area (Å²) in [4.78, 5) is 5.77. The van der Waals surface area contributed by atoms with Gasteiger partial charge in [0.25, 0.3) is 0 Å². The zero-order chi connectivity index (χ0) is 13.7. The highest BCUT2D eigenvalue weighted by Gasteiger charge is 2.01. The Bertz CT molecular complexity index is 587. The van der Waals surface area contributed by atoms with Crippen LogP contribution in [0.25, 0.3) is 0 Å². The summed E-state index contributed by atoms with van der Waals surface area (Å²) in [5, 5.41) is 2.19. The summed E-state index contributed by atoms with van der Waals surface area (Å²) in [5.74, 6) is 0.894. The molecule has 0 atom stereocenters. The lowest BCUT2D eigenvalue weighted by atomic mass is 10.3. The first kappa shape index (κ1) is 17.0. The van der Waals surface area contributed by atoms with Crippen LogP contribution in [-0.4, -0.2) is 11.2 Å². The first-order valence-corrected chi connectivity index (χ1v) is 7.61. The molecule has 3 nitrogen and oxygen atoms in total. The van der Waals surface area contributed by atoms with Crippen molar-refractivity contribution in [3.05, 3.63) is 40.1 Å². The van der Waals surface area contributed by atoms with Crippen molar-refractivity contribution >= 4 is 34.0 Å². The lowest BCUT2D eigenvalue weighted by Gasteiger charge is -2.04. The SMILES string of the molecule is Br.CCOc1ccc(N=c2scc(CC)n2CC)cc1. The summed E-state index contributed by atoms with van der Waals surface area (Å²) in [6.07, 6.45) is 1.04. The van der Waals surface area contributed by atoms with E-state index >= 15 is 0 Å². The monoisotopic (exact) mass is 356 g/mol. The van der Waals surface area contributed by atoms with Crippen LogP contribution in [0, 0.1) is 0 Å². The number of benzene rings is 1. The minimum absolute atomic E-state index is 0. The van der Waals surface area contributed by atoms with Crippen molar-refractivity contribution in [3.8, 4) is 5.75 Å². The second kappa shape index (κ2) is 8.27. The van der Waals surface area contributed by atoms with E-state index < -0.39 is 0 Å². The van der Waals surface area contributed by atoms with Gasteiger partial charge in [-0.05, 0) is 44.5 Å². The predicted molar refractivity (Wildman–Crippen MR) is 90.5 cm³/mol. The molecule has 5 heteroatoms. The van der Waals surface area contributed by atoms with Crippen molar-refractivity contribution in [1.29, 1.82) is 0 Å². The van der Waals surface area contributed by atoms with Gasteiger partial charge in [0, 0.05) is 17.6 Å². The number of halogens is 1. The fourth-order valence-electron chi connectivity index (χ4n) is 1.96. The largest absolute Gasteiger partial charge is 0.494 e. The van der Waals surface area contributed by atoms with E-state index in [1.165, 1.54) is 5.69 Å². The van der Waals surface area contributed by atoms with Crippen LogP contribution >= 0.6 is 28.3 Å². The average Bonchev–Trinajstić information content (AvgIpc) is 2.83. The molecule has 20 heavy (non-hydrogen) atoms. The molecule has 0 aliphatic heterocycles. The number of thiazole rings is 1. The van der Waals surface area contributed by atoms with Crippen LogP contribution in [0.5, 0.6) is 5.75 Å². The average molecular weight is 357 g/mol. The highest BCUT2D eigenvalue weighted by molar-refractivity contribution is 8.93. The molecule has 0 spiro atoms. The normalized spacial score (nSPS) is 11.2. The molecular weight excluding hydrogens is 336 g/mol. The Kier molecular flexibility index (Phi) is 7.02. The highest BCUT2D eigenvalue weighted by Crippen LogP contribution is 2.18. The van der Waals surface area contributed by atoms with E-state index in [4.69, 9.17) is 9.73 Å². The molecule has 0 saturated heterocycles. The van der Waals surface area contributed by atoms with Crippen molar-refractivity contribution < 1.29 is 4.74 Å². The number of aryl methyl sites for hydroxylation is 1. The van der Waals surface area contributed by atoms with Crippen LogP contribution < -0.4 is 9.54 Å². The van der Waals surface area contributed by atoms with Crippen LogP contribution in [0.4, 0.5) is 5.69 Å². The minimum Gasteiger partial charge on any atom is -0.494 e. The third-order valence-electron chi connectivity index (χ3n) is 2.93. The first-order chi connectivity index (χ1) is 9.28. The van der Waals surface area contributed by atoms with Gasteiger partial charge >= 0.3 is 0 Å². The third-order valence-corrected chi connectivity index (χ3v) is 3.84. The molecule has 0 aliphatic rings. The van der Waals surface area contributed by atoms with Gasteiger partial charge in [0.1, 0.15) is 5.75 Å². The number of hydrogen-bond acceptors (Lipinski definition) is 3. The van der Waals surface area contributed by atoms with E-state index in [0.29, 0.717) is 6.61 Å². The van der Waals surface area contributed by atoms with Crippen LogP contribution in [0.2, 0.25) is 0 Å². The molecule has 110 valence electrons. The number of hydrogen-bond donors (Lipinski definition) is 0. The van der Waals surface area contributed by atoms with Gasteiger partial charge in [-0.3, -0.25) is 0 Å². The second-order valence-electron chi connectivity index (χ2n) is 4.15. The van der Waals surface area contributed by atoms with Crippen molar-refractivity contribution in [1.82, 2.24) is 4.57 Å². The standard InChI is InChI=1S/C15H20N2OS.BrH/c1-4-13-11-19-15(17(13)5-2)16-12-7-9-14(10-8-12)18-6-3;/h7-11H,4-6H2,1-3H3;1H. The second-order valence-corrected chi connectivity index (χ2v) is 4.98. The quantitative estimate of drug-likeness (QED) is 0.782. The molecule has 1 aromatic carbocycles. The molecule has 0 bridgehead atoms. The first-order valence-electron chi connectivity index (χ1n) is 6.73. The highest BCUT2D eigenvalue weighted by atomic mass is 79.9. The van der Waals surface area contributed by atoms with Gasteiger partial charge in [0.15, 0.2) is 4.80 Å². The molecule has 1 heterocycles. The predicted octanol–water partition coefficient (Wildman–Crippen LogP) is 4.34. The Morgan fingerprint density at radius 2 is 1.85 bits per heavy atom. The molecular formula is C15H21BrN2OS. The molecule has 0 unspecified atom stereocenters. The summed E-state index contributed by atoms with van der Waals surface area (Å²) >= 11 is 1.70. The molecule has 0 aliphatic carbocycles. The molecule has 0 saturated carbocycles. The van der Waals surface area contributed by atoms with E-state index in [-0.39, 0.29) is 17.0 Å². The van der Waals surface area contributed by atoms with Crippen LogP contribution in [0.15, 0.2) is 34.6 Å². The number of aromatic nitrogens is 1. The summed E-state index contributed by atoms with van der Waals surface area (Å²) in [6.45, 7) is 7.97. The van der Waals surface area contributed by atoms with Gasteiger partial charge in [-0.2, -0.15) is 0 Å². The number of nitrogens with zero attached hydrogens (tertiary/aromatic N) is 2. The molecule has 0 N–H and O–H groups in total. The fraction of sp³-hybridized carbons (Fsp3) is 0.400. The van der Waals surface area contributed by atoms with E-state index in [1.54, 1.807) is 11.3 Å². The topological polar surface area (TPSA) is 26.5 Å². The number of rotatable bonds is 5. The summed E-state index contributed by atoms with van der Waals surface area (Å²) in [5.41, 5.74) is 2.31.